The molecule has 33 heavy (non-hydrogen) atoms. The Morgan fingerprint density at radius 3 is 2.61 bits per heavy atom. The predicted octanol–water partition coefficient (Wildman–Crippen LogP) is 3.42. The van der Waals surface area contributed by atoms with E-state index < -0.39 is 9.84 Å². The summed E-state index contributed by atoms with van der Waals surface area (Å²) in [7, 11) is -1.69. The first-order chi connectivity index (χ1) is 15.7. The van der Waals surface area contributed by atoms with Crippen LogP contribution in [0.2, 0.25) is 0 Å². The number of benzene rings is 1. The topological polar surface area (TPSA) is 112 Å². The molecule has 1 N–H and O–H groups in total. The fraction of sp³-hybridized carbons (Fsp3) is 0.217. The van der Waals surface area contributed by atoms with Crippen LogP contribution in [-0.4, -0.2) is 46.5 Å². The molecule has 0 radical (unpaired) electrons. The van der Waals surface area contributed by atoms with Gasteiger partial charge in [0.25, 0.3) is 0 Å². The van der Waals surface area contributed by atoms with E-state index in [2.05, 4.69) is 25.4 Å². The molecule has 4 rings (SSSR count). The number of rotatable bonds is 7. The second kappa shape index (κ2) is 8.99. The van der Waals surface area contributed by atoms with E-state index in [9.17, 15) is 8.42 Å². The number of nitrogens with zero attached hydrogens (tertiary/aromatic N) is 5. The Morgan fingerprint density at radius 1 is 1.09 bits per heavy atom. The minimum absolute atomic E-state index is 0.274. The molecule has 0 aliphatic heterocycles. The van der Waals surface area contributed by atoms with Crippen LogP contribution < -0.4 is 10.1 Å². The molecule has 9 nitrogen and oxygen atoms in total. The molecule has 0 spiro atoms. The lowest BCUT2D eigenvalue weighted by atomic mass is 10.1. The van der Waals surface area contributed by atoms with Crippen LogP contribution in [0, 0.1) is 13.8 Å². The van der Waals surface area contributed by atoms with Crippen LogP contribution in [0.15, 0.2) is 59.8 Å². The molecule has 0 aliphatic carbocycles. The molecule has 0 fully saturated rings. The van der Waals surface area contributed by atoms with E-state index in [1.54, 1.807) is 48.5 Å². The van der Waals surface area contributed by atoms with Gasteiger partial charge in [-0.15, -0.1) is 0 Å². The Morgan fingerprint density at radius 2 is 1.91 bits per heavy atom. The zero-order chi connectivity index (χ0) is 23.6. The summed E-state index contributed by atoms with van der Waals surface area (Å²) in [6.07, 6.45) is 4.90. The smallest absolute Gasteiger partial charge is 0.175 e. The largest absolute Gasteiger partial charge is 0.495 e. The van der Waals surface area contributed by atoms with Crippen molar-refractivity contribution in [3.8, 4) is 11.6 Å². The number of anilines is 2. The van der Waals surface area contributed by atoms with E-state index in [1.807, 2.05) is 32.0 Å². The minimum atomic E-state index is -3.28. The van der Waals surface area contributed by atoms with Crippen molar-refractivity contribution in [1.82, 2.24) is 24.7 Å². The summed E-state index contributed by atoms with van der Waals surface area (Å²) in [5.74, 6) is 3.20. The maximum absolute atomic E-state index is 11.9. The van der Waals surface area contributed by atoms with Gasteiger partial charge in [0.1, 0.15) is 23.2 Å². The minimum Gasteiger partial charge on any atom is -0.495 e. The maximum atomic E-state index is 11.9. The van der Waals surface area contributed by atoms with Crippen molar-refractivity contribution < 1.29 is 13.2 Å². The van der Waals surface area contributed by atoms with E-state index in [0.29, 0.717) is 29.6 Å². The molecular formula is C23H24N6O3S. The lowest BCUT2D eigenvalue weighted by Crippen LogP contribution is -2.07. The Hall–Kier alpha value is -3.79. The summed E-state index contributed by atoms with van der Waals surface area (Å²) in [5, 5.41) is 7.94. The van der Waals surface area contributed by atoms with Crippen LogP contribution >= 0.6 is 0 Å². The van der Waals surface area contributed by atoms with Crippen molar-refractivity contribution in [2.75, 3.05) is 18.7 Å². The van der Waals surface area contributed by atoms with Crippen LogP contribution in [0.3, 0.4) is 0 Å². The normalized spacial score (nSPS) is 11.4. The van der Waals surface area contributed by atoms with Gasteiger partial charge in [-0.05, 0) is 49.7 Å². The third-order valence-corrected chi connectivity index (χ3v) is 6.28. The Bertz CT molecular complexity index is 1400. The van der Waals surface area contributed by atoms with Crippen LogP contribution in [0.5, 0.6) is 5.75 Å². The highest BCUT2D eigenvalue weighted by Crippen LogP contribution is 2.25. The third kappa shape index (κ3) is 5.01. The van der Waals surface area contributed by atoms with Crippen molar-refractivity contribution in [2.24, 2.45) is 0 Å². The van der Waals surface area contributed by atoms with Gasteiger partial charge in [-0.2, -0.15) is 9.78 Å². The van der Waals surface area contributed by atoms with Gasteiger partial charge in [0.05, 0.1) is 23.9 Å². The van der Waals surface area contributed by atoms with Gasteiger partial charge in [0.15, 0.2) is 15.7 Å². The number of hydrogen-bond donors (Lipinski definition) is 1. The lowest BCUT2D eigenvalue weighted by Gasteiger charge is -2.11. The van der Waals surface area contributed by atoms with Crippen molar-refractivity contribution in [3.63, 3.8) is 0 Å². The Kier molecular flexibility index (Phi) is 6.10. The first kappa shape index (κ1) is 22.4. The Balaban J connectivity index is 1.62. The molecule has 0 atom stereocenters. The van der Waals surface area contributed by atoms with Gasteiger partial charge in [0, 0.05) is 24.4 Å². The highest BCUT2D eigenvalue weighted by atomic mass is 32.2. The van der Waals surface area contributed by atoms with E-state index in [-0.39, 0.29) is 4.90 Å². The molecule has 0 bridgehead atoms. The second-order valence-electron chi connectivity index (χ2n) is 7.61. The van der Waals surface area contributed by atoms with Gasteiger partial charge >= 0.3 is 0 Å². The maximum Gasteiger partial charge on any atom is 0.175 e. The average molecular weight is 465 g/mol. The first-order valence-corrected chi connectivity index (χ1v) is 12.1. The van der Waals surface area contributed by atoms with Gasteiger partial charge in [-0.1, -0.05) is 12.1 Å². The summed E-state index contributed by atoms with van der Waals surface area (Å²) in [6.45, 7) is 3.91. The highest BCUT2D eigenvalue weighted by molar-refractivity contribution is 7.90. The van der Waals surface area contributed by atoms with E-state index in [4.69, 9.17) is 4.74 Å². The summed E-state index contributed by atoms with van der Waals surface area (Å²) in [4.78, 5) is 13.7. The quantitative estimate of drug-likeness (QED) is 0.443. The van der Waals surface area contributed by atoms with Crippen molar-refractivity contribution in [3.05, 3.63) is 77.5 Å². The molecule has 0 aliphatic rings. The van der Waals surface area contributed by atoms with Gasteiger partial charge < -0.3 is 10.1 Å². The molecule has 0 amide bonds. The zero-order valence-electron chi connectivity index (χ0n) is 18.8. The molecule has 1 aromatic carbocycles. The number of hydrogen-bond acceptors (Lipinski definition) is 8. The number of ether oxygens (including phenoxy) is 1. The Labute approximate surface area is 192 Å². The summed E-state index contributed by atoms with van der Waals surface area (Å²) < 4.78 is 30.6. The first-order valence-electron chi connectivity index (χ1n) is 10.2. The number of nitrogens with one attached hydrogen (secondary N) is 1. The predicted molar refractivity (Wildman–Crippen MR) is 125 cm³/mol. The van der Waals surface area contributed by atoms with E-state index in [1.165, 1.54) is 6.26 Å². The summed E-state index contributed by atoms with van der Waals surface area (Å²) >= 11 is 0. The van der Waals surface area contributed by atoms with Gasteiger partial charge in [-0.25, -0.2) is 23.4 Å². The van der Waals surface area contributed by atoms with Crippen LogP contribution in [0.25, 0.3) is 5.82 Å². The fourth-order valence-corrected chi connectivity index (χ4v) is 3.97. The van der Waals surface area contributed by atoms with E-state index >= 15 is 0 Å². The third-order valence-electron chi connectivity index (χ3n) is 5.17. The molecule has 170 valence electrons. The average Bonchev–Trinajstić information content (AvgIpc) is 3.07. The molecule has 3 aromatic heterocycles. The SMILES string of the molecule is COc1ccc(-n2nc(C)c(C)c2Nc2ccnc(Cc3cccc(S(C)(=O)=O)c3)n2)nc1. The highest BCUT2D eigenvalue weighted by Gasteiger charge is 2.15. The second-order valence-corrected chi connectivity index (χ2v) is 9.62. The standard InChI is InChI=1S/C23H24N6O3S/c1-15-16(2)28-29(22-9-8-18(32-3)14-25-22)23(15)27-20-10-11-24-21(26-20)13-17-6-5-7-19(12-17)33(4,30)31/h5-12,14H,13H2,1-4H3,(H,24,26,27). The molecule has 3 heterocycles. The van der Waals surface area contributed by atoms with Crippen molar-refractivity contribution >= 4 is 21.5 Å². The van der Waals surface area contributed by atoms with Crippen LogP contribution in [0.4, 0.5) is 11.6 Å². The fourth-order valence-electron chi connectivity index (χ4n) is 3.28. The zero-order valence-corrected chi connectivity index (χ0v) is 19.6. The molecule has 10 heteroatoms. The van der Waals surface area contributed by atoms with Crippen LogP contribution in [0.1, 0.15) is 22.6 Å². The summed E-state index contributed by atoms with van der Waals surface area (Å²) in [5.41, 5.74) is 2.64. The van der Waals surface area contributed by atoms with Crippen molar-refractivity contribution in [1.29, 1.82) is 0 Å². The van der Waals surface area contributed by atoms with Gasteiger partial charge in [-0.3, -0.25) is 0 Å². The number of aryl methyl sites for hydroxylation is 1. The number of pyridine rings is 1. The monoisotopic (exact) mass is 464 g/mol. The summed E-state index contributed by atoms with van der Waals surface area (Å²) in [6, 6.07) is 12.2. The number of methoxy groups -OCH3 is 1. The van der Waals surface area contributed by atoms with Crippen LogP contribution in [-0.2, 0) is 16.3 Å². The molecule has 4 aromatic rings. The number of sulfone groups is 1. The lowest BCUT2D eigenvalue weighted by molar-refractivity contribution is 0.412. The molecule has 0 saturated carbocycles. The molecule has 0 unspecified atom stereocenters. The van der Waals surface area contributed by atoms with E-state index in [0.717, 1.165) is 22.6 Å². The molecule has 0 saturated heterocycles. The van der Waals surface area contributed by atoms with Crippen molar-refractivity contribution in [2.45, 2.75) is 25.2 Å². The van der Waals surface area contributed by atoms with Gasteiger partial charge in [0.2, 0.25) is 0 Å². The number of aromatic nitrogens is 5. The molecular weight excluding hydrogens is 440 g/mol.